The molecule has 0 heterocycles. The highest BCUT2D eigenvalue weighted by molar-refractivity contribution is 6.13. The SMILES string of the molecule is CN(C)c1ccc(C(=O)c2ccccc2O)c(O)c1N(C)C. The van der Waals surface area contributed by atoms with E-state index in [4.69, 9.17) is 0 Å². The van der Waals surface area contributed by atoms with Crippen molar-refractivity contribution in [1.29, 1.82) is 0 Å². The Morgan fingerprint density at radius 1 is 0.864 bits per heavy atom. The first kappa shape index (κ1) is 15.7. The third-order valence-corrected chi connectivity index (χ3v) is 3.45. The van der Waals surface area contributed by atoms with Crippen LogP contribution in [0.15, 0.2) is 36.4 Å². The lowest BCUT2D eigenvalue weighted by Gasteiger charge is -2.24. The third-order valence-electron chi connectivity index (χ3n) is 3.45. The highest BCUT2D eigenvalue weighted by Crippen LogP contribution is 2.39. The summed E-state index contributed by atoms with van der Waals surface area (Å²) in [5, 5.41) is 20.4. The van der Waals surface area contributed by atoms with Gasteiger partial charge in [0, 0.05) is 28.2 Å². The Labute approximate surface area is 130 Å². The number of hydrogen-bond donors (Lipinski definition) is 2. The van der Waals surface area contributed by atoms with Crippen molar-refractivity contribution in [1.82, 2.24) is 0 Å². The number of ketones is 1. The van der Waals surface area contributed by atoms with Crippen LogP contribution in [-0.2, 0) is 0 Å². The van der Waals surface area contributed by atoms with Gasteiger partial charge in [-0.05, 0) is 24.3 Å². The maximum atomic E-state index is 12.6. The first-order valence-electron chi connectivity index (χ1n) is 6.88. The summed E-state index contributed by atoms with van der Waals surface area (Å²) in [6.45, 7) is 0. The minimum absolute atomic E-state index is 0.0931. The Morgan fingerprint density at radius 2 is 1.50 bits per heavy atom. The molecule has 0 spiro atoms. The number of phenolic OH excluding ortho intramolecular Hbond substituents is 2. The quantitative estimate of drug-likeness (QED) is 0.849. The highest BCUT2D eigenvalue weighted by Gasteiger charge is 2.22. The van der Waals surface area contributed by atoms with Crippen molar-refractivity contribution < 1.29 is 15.0 Å². The van der Waals surface area contributed by atoms with Crippen LogP contribution in [0.4, 0.5) is 11.4 Å². The Hall–Kier alpha value is -2.69. The second-order valence-corrected chi connectivity index (χ2v) is 5.46. The minimum atomic E-state index is -0.413. The largest absolute Gasteiger partial charge is 0.507 e. The van der Waals surface area contributed by atoms with Crippen LogP contribution < -0.4 is 9.80 Å². The van der Waals surface area contributed by atoms with Gasteiger partial charge in [-0.1, -0.05) is 12.1 Å². The molecule has 0 fully saturated rings. The van der Waals surface area contributed by atoms with Gasteiger partial charge in [-0.3, -0.25) is 4.79 Å². The highest BCUT2D eigenvalue weighted by atomic mass is 16.3. The lowest BCUT2D eigenvalue weighted by Crippen LogP contribution is -2.18. The fourth-order valence-electron chi connectivity index (χ4n) is 2.36. The zero-order valence-corrected chi connectivity index (χ0v) is 13.2. The summed E-state index contributed by atoms with van der Waals surface area (Å²) < 4.78 is 0. The summed E-state index contributed by atoms with van der Waals surface area (Å²) in [6, 6.07) is 9.66. The van der Waals surface area contributed by atoms with E-state index < -0.39 is 5.78 Å². The molecule has 22 heavy (non-hydrogen) atoms. The van der Waals surface area contributed by atoms with E-state index in [1.807, 2.05) is 19.0 Å². The van der Waals surface area contributed by atoms with E-state index in [-0.39, 0.29) is 22.6 Å². The average Bonchev–Trinajstić information content (AvgIpc) is 2.46. The van der Waals surface area contributed by atoms with Crippen LogP contribution >= 0.6 is 0 Å². The molecule has 2 N–H and O–H groups in total. The van der Waals surface area contributed by atoms with E-state index in [1.165, 1.54) is 12.1 Å². The molecule has 0 bridgehead atoms. The fraction of sp³-hybridized carbons (Fsp3) is 0.235. The smallest absolute Gasteiger partial charge is 0.200 e. The van der Waals surface area contributed by atoms with Crippen molar-refractivity contribution in [3.8, 4) is 11.5 Å². The lowest BCUT2D eigenvalue weighted by molar-refractivity contribution is 0.103. The van der Waals surface area contributed by atoms with Gasteiger partial charge in [0.25, 0.3) is 0 Å². The van der Waals surface area contributed by atoms with E-state index in [2.05, 4.69) is 0 Å². The van der Waals surface area contributed by atoms with Crippen LogP contribution in [0.25, 0.3) is 0 Å². The number of carbonyl (C=O) groups excluding carboxylic acids is 1. The molecule has 5 heteroatoms. The van der Waals surface area contributed by atoms with Crippen LogP contribution in [-0.4, -0.2) is 44.2 Å². The molecule has 5 nitrogen and oxygen atoms in total. The number of para-hydroxylation sites is 1. The maximum absolute atomic E-state index is 12.6. The Morgan fingerprint density at radius 3 is 2.05 bits per heavy atom. The van der Waals surface area contributed by atoms with Crippen LogP contribution in [0, 0.1) is 0 Å². The standard InChI is InChI=1S/C17H20N2O3/c1-18(2)13-10-9-12(17(22)15(13)19(3)4)16(21)11-7-5-6-8-14(11)20/h5-10,20,22H,1-4H3. The number of rotatable bonds is 4. The first-order valence-corrected chi connectivity index (χ1v) is 6.88. The Kier molecular flexibility index (Phi) is 4.26. The molecule has 2 rings (SSSR count). The van der Waals surface area contributed by atoms with Crippen molar-refractivity contribution in [3.63, 3.8) is 0 Å². The Balaban J connectivity index is 2.60. The van der Waals surface area contributed by atoms with Gasteiger partial charge in [0.1, 0.15) is 11.4 Å². The predicted octanol–water partition coefficient (Wildman–Crippen LogP) is 2.46. The minimum Gasteiger partial charge on any atom is -0.507 e. The van der Waals surface area contributed by atoms with Gasteiger partial charge >= 0.3 is 0 Å². The molecular formula is C17H20N2O3. The molecule has 0 saturated carbocycles. The molecule has 0 saturated heterocycles. The number of benzene rings is 2. The molecule has 2 aromatic rings. The molecule has 0 unspecified atom stereocenters. The molecule has 0 aliphatic rings. The molecule has 0 radical (unpaired) electrons. The van der Waals surface area contributed by atoms with Crippen molar-refractivity contribution in [2.24, 2.45) is 0 Å². The van der Waals surface area contributed by atoms with Gasteiger partial charge in [0.2, 0.25) is 5.78 Å². The van der Waals surface area contributed by atoms with Gasteiger partial charge in [-0.25, -0.2) is 0 Å². The van der Waals surface area contributed by atoms with E-state index in [9.17, 15) is 15.0 Å². The van der Waals surface area contributed by atoms with Crippen LogP contribution in [0.1, 0.15) is 15.9 Å². The van der Waals surface area contributed by atoms with Gasteiger partial charge in [0.05, 0.1) is 16.8 Å². The zero-order valence-electron chi connectivity index (χ0n) is 13.2. The van der Waals surface area contributed by atoms with E-state index in [0.29, 0.717) is 5.69 Å². The van der Waals surface area contributed by atoms with Gasteiger partial charge < -0.3 is 20.0 Å². The maximum Gasteiger partial charge on any atom is 0.200 e. The number of hydrogen-bond acceptors (Lipinski definition) is 5. The second kappa shape index (κ2) is 5.97. The number of nitrogens with zero attached hydrogens (tertiary/aromatic N) is 2. The topological polar surface area (TPSA) is 64.0 Å². The Bertz CT molecular complexity index is 709. The summed E-state index contributed by atoms with van der Waals surface area (Å²) >= 11 is 0. The van der Waals surface area contributed by atoms with Crippen molar-refractivity contribution in [2.45, 2.75) is 0 Å². The van der Waals surface area contributed by atoms with Crippen molar-refractivity contribution in [2.75, 3.05) is 38.0 Å². The van der Waals surface area contributed by atoms with Gasteiger partial charge in [0.15, 0.2) is 5.75 Å². The number of carbonyl (C=O) groups is 1. The van der Waals surface area contributed by atoms with Crippen LogP contribution in [0.2, 0.25) is 0 Å². The third kappa shape index (κ3) is 2.70. The van der Waals surface area contributed by atoms with E-state index in [0.717, 1.165) is 5.69 Å². The van der Waals surface area contributed by atoms with E-state index in [1.54, 1.807) is 43.3 Å². The summed E-state index contributed by atoms with van der Waals surface area (Å²) in [7, 11) is 7.34. The molecule has 0 aromatic heterocycles. The number of anilines is 2. The zero-order chi connectivity index (χ0) is 16.4. The number of phenols is 2. The monoisotopic (exact) mass is 300 g/mol. The van der Waals surface area contributed by atoms with Gasteiger partial charge in [-0.2, -0.15) is 0 Å². The molecule has 0 amide bonds. The molecular weight excluding hydrogens is 280 g/mol. The molecule has 0 aliphatic carbocycles. The van der Waals surface area contributed by atoms with E-state index >= 15 is 0 Å². The summed E-state index contributed by atoms with van der Waals surface area (Å²) in [6.07, 6.45) is 0. The molecule has 0 aliphatic heterocycles. The fourth-order valence-corrected chi connectivity index (χ4v) is 2.36. The first-order chi connectivity index (χ1) is 10.3. The summed E-state index contributed by atoms with van der Waals surface area (Å²) in [5.41, 5.74) is 1.69. The predicted molar refractivity (Wildman–Crippen MR) is 88.3 cm³/mol. The van der Waals surface area contributed by atoms with Crippen LogP contribution in [0.3, 0.4) is 0 Å². The normalized spacial score (nSPS) is 10.4. The average molecular weight is 300 g/mol. The summed E-state index contributed by atoms with van der Waals surface area (Å²) in [4.78, 5) is 16.2. The number of aromatic hydroxyl groups is 2. The summed E-state index contributed by atoms with van der Waals surface area (Å²) in [5.74, 6) is -0.608. The second-order valence-electron chi connectivity index (χ2n) is 5.46. The van der Waals surface area contributed by atoms with Crippen molar-refractivity contribution in [3.05, 3.63) is 47.5 Å². The molecule has 2 aromatic carbocycles. The van der Waals surface area contributed by atoms with Crippen LogP contribution in [0.5, 0.6) is 11.5 Å². The lowest BCUT2D eigenvalue weighted by atomic mass is 9.99. The molecule has 0 atom stereocenters. The van der Waals surface area contributed by atoms with Crippen molar-refractivity contribution >= 4 is 17.2 Å². The molecule has 116 valence electrons. The van der Waals surface area contributed by atoms with Gasteiger partial charge in [-0.15, -0.1) is 0 Å².